The van der Waals surface area contributed by atoms with Gasteiger partial charge in [-0.05, 0) is 63.2 Å². The average molecular weight is 365 g/mol. The summed E-state index contributed by atoms with van der Waals surface area (Å²) >= 11 is 1.17. The maximum Gasteiger partial charge on any atom is 0.413 e. The van der Waals surface area contributed by atoms with Crippen molar-refractivity contribution in [2.24, 2.45) is 17.8 Å². The molecule has 0 saturated heterocycles. The van der Waals surface area contributed by atoms with E-state index in [0.29, 0.717) is 5.22 Å². The van der Waals surface area contributed by atoms with Gasteiger partial charge in [0, 0.05) is 5.41 Å². The van der Waals surface area contributed by atoms with Crippen LogP contribution in [-0.2, 0) is 14.9 Å². The number of ether oxygens (including phenoxy) is 1. The second kappa shape index (κ2) is 6.30. The quantitative estimate of drug-likeness (QED) is 0.820. The van der Waals surface area contributed by atoms with Gasteiger partial charge in [-0.3, -0.25) is 10.1 Å². The third-order valence-corrected chi connectivity index (χ3v) is 6.89. The van der Waals surface area contributed by atoms with E-state index in [-0.39, 0.29) is 5.41 Å². The van der Waals surface area contributed by atoms with Crippen LogP contribution in [0.15, 0.2) is 9.64 Å². The van der Waals surface area contributed by atoms with Crippen LogP contribution in [0.5, 0.6) is 0 Å². The molecule has 136 valence electrons. The molecule has 7 nitrogen and oxygen atoms in total. The maximum atomic E-state index is 11.9. The monoisotopic (exact) mass is 365 g/mol. The number of methoxy groups -OCH3 is 1. The van der Waals surface area contributed by atoms with E-state index < -0.39 is 17.3 Å². The third-order valence-electron chi connectivity index (χ3n) is 5.96. The number of rotatable bonds is 4. The van der Waals surface area contributed by atoms with Crippen molar-refractivity contribution >= 4 is 23.8 Å². The fourth-order valence-electron chi connectivity index (χ4n) is 5.30. The highest BCUT2D eigenvalue weighted by Crippen LogP contribution is 2.60. The van der Waals surface area contributed by atoms with Gasteiger partial charge in [-0.1, -0.05) is 11.8 Å². The Hall–Kier alpha value is -1.57. The Morgan fingerprint density at radius 2 is 1.80 bits per heavy atom. The molecule has 25 heavy (non-hydrogen) atoms. The highest BCUT2D eigenvalue weighted by atomic mass is 32.2. The number of imide groups is 1. The minimum Gasteiger partial charge on any atom is -0.453 e. The summed E-state index contributed by atoms with van der Waals surface area (Å²) in [7, 11) is 1.22. The van der Waals surface area contributed by atoms with E-state index in [4.69, 9.17) is 4.42 Å². The first kappa shape index (κ1) is 16.9. The summed E-state index contributed by atoms with van der Waals surface area (Å²) in [5.74, 6) is 2.72. The van der Waals surface area contributed by atoms with Crippen molar-refractivity contribution < 1.29 is 18.7 Å². The van der Waals surface area contributed by atoms with Gasteiger partial charge in [0.25, 0.3) is 5.22 Å². The number of thioether (sulfide) groups is 1. The summed E-state index contributed by atoms with van der Waals surface area (Å²) in [5.41, 5.74) is 0.0536. The molecule has 0 aliphatic heterocycles. The number of aromatic nitrogens is 2. The number of hydrogen-bond donors (Lipinski definition) is 1. The molecule has 0 radical (unpaired) electrons. The predicted molar refractivity (Wildman–Crippen MR) is 90.0 cm³/mol. The Balaban J connectivity index is 1.44. The Labute approximate surface area is 150 Å². The minimum atomic E-state index is -0.766. The van der Waals surface area contributed by atoms with E-state index >= 15 is 0 Å². The average Bonchev–Trinajstić information content (AvgIpc) is 3.02. The molecular weight excluding hydrogens is 342 g/mol. The molecule has 1 N–H and O–H groups in total. The Kier molecular flexibility index (Phi) is 4.25. The van der Waals surface area contributed by atoms with Crippen LogP contribution >= 0.6 is 11.8 Å². The SMILES string of the molecule is COC(=O)NC(=O)[C@H](C)Sc1nnc(C23CC4CC(CC(C4)C2)C3)o1. The number of carbonyl (C=O) groups excluding carboxylic acids is 2. The van der Waals surface area contributed by atoms with Crippen LogP contribution < -0.4 is 5.32 Å². The molecular formula is C17H23N3O4S. The first-order valence-electron chi connectivity index (χ1n) is 8.87. The van der Waals surface area contributed by atoms with Crippen molar-refractivity contribution in [3.8, 4) is 0 Å². The van der Waals surface area contributed by atoms with Crippen LogP contribution in [0.4, 0.5) is 4.79 Å². The molecule has 4 bridgehead atoms. The summed E-state index contributed by atoms with van der Waals surface area (Å²) in [5, 5.41) is 10.5. The first-order valence-corrected chi connectivity index (χ1v) is 9.75. The number of alkyl carbamates (subject to hydrolysis) is 1. The van der Waals surface area contributed by atoms with Gasteiger partial charge in [0.15, 0.2) is 0 Å². The number of amides is 2. The van der Waals surface area contributed by atoms with Crippen LogP contribution in [0, 0.1) is 17.8 Å². The van der Waals surface area contributed by atoms with Crippen molar-refractivity contribution in [1.82, 2.24) is 15.5 Å². The number of carbonyl (C=O) groups is 2. The van der Waals surface area contributed by atoms with Gasteiger partial charge in [-0.25, -0.2) is 4.79 Å². The maximum absolute atomic E-state index is 11.9. The van der Waals surface area contributed by atoms with Crippen molar-refractivity contribution in [3.63, 3.8) is 0 Å². The van der Waals surface area contributed by atoms with Crippen LogP contribution in [-0.4, -0.2) is 34.6 Å². The van der Waals surface area contributed by atoms with Gasteiger partial charge in [-0.15, -0.1) is 10.2 Å². The molecule has 0 spiro atoms. The third kappa shape index (κ3) is 3.16. The summed E-state index contributed by atoms with van der Waals surface area (Å²) in [6, 6.07) is 0. The molecule has 4 aliphatic carbocycles. The fraction of sp³-hybridized carbons (Fsp3) is 0.765. The molecule has 8 heteroatoms. The van der Waals surface area contributed by atoms with Gasteiger partial charge in [-0.2, -0.15) is 0 Å². The first-order chi connectivity index (χ1) is 12.0. The van der Waals surface area contributed by atoms with Crippen molar-refractivity contribution in [1.29, 1.82) is 0 Å². The van der Waals surface area contributed by atoms with Crippen LogP contribution in [0.1, 0.15) is 51.3 Å². The van der Waals surface area contributed by atoms with E-state index in [1.54, 1.807) is 6.92 Å². The Morgan fingerprint density at radius 3 is 2.36 bits per heavy atom. The standard InChI is InChI=1S/C17H23N3O4S/c1-9(13(21)18-15(22)23-2)25-16-20-19-14(24-16)17-6-10-3-11(7-17)5-12(4-10)8-17/h9-12H,3-8H2,1-2H3,(H,18,21,22)/t9-,10?,11?,12?,17?/m0/s1. The fourth-order valence-corrected chi connectivity index (χ4v) is 5.99. The molecule has 1 aromatic rings. The molecule has 4 fully saturated rings. The highest BCUT2D eigenvalue weighted by molar-refractivity contribution is 8.00. The molecule has 0 unspecified atom stereocenters. The zero-order valence-corrected chi connectivity index (χ0v) is 15.3. The summed E-state index contributed by atoms with van der Waals surface area (Å²) in [6.45, 7) is 1.69. The van der Waals surface area contributed by atoms with E-state index in [1.807, 2.05) is 0 Å². The molecule has 1 atom stereocenters. The summed E-state index contributed by atoms with van der Waals surface area (Å²) in [4.78, 5) is 23.1. The lowest BCUT2D eigenvalue weighted by Crippen LogP contribution is -2.48. The Bertz CT molecular complexity index is 654. The smallest absolute Gasteiger partial charge is 0.413 e. The molecule has 4 saturated carbocycles. The molecule has 2 amide bonds. The van der Waals surface area contributed by atoms with Gasteiger partial charge in [0.2, 0.25) is 11.8 Å². The summed E-state index contributed by atoms with van der Waals surface area (Å²) in [6.07, 6.45) is 6.79. The number of nitrogens with one attached hydrogen (secondary N) is 1. The van der Waals surface area contributed by atoms with Gasteiger partial charge in [0.05, 0.1) is 12.4 Å². The lowest BCUT2D eigenvalue weighted by molar-refractivity contribution is -0.119. The van der Waals surface area contributed by atoms with Gasteiger partial charge in [0.1, 0.15) is 0 Å². The second-order valence-electron chi connectivity index (χ2n) is 7.81. The van der Waals surface area contributed by atoms with Crippen LogP contribution in [0.3, 0.4) is 0 Å². The summed E-state index contributed by atoms with van der Waals surface area (Å²) < 4.78 is 10.4. The van der Waals surface area contributed by atoms with E-state index in [1.165, 1.54) is 38.1 Å². The lowest BCUT2D eigenvalue weighted by Gasteiger charge is -2.55. The zero-order valence-electron chi connectivity index (χ0n) is 14.5. The molecule has 1 aromatic heterocycles. The molecule has 0 aromatic carbocycles. The normalized spacial score (nSPS) is 33.9. The zero-order chi connectivity index (χ0) is 17.6. The largest absolute Gasteiger partial charge is 0.453 e. The second-order valence-corrected chi connectivity index (χ2v) is 9.10. The van der Waals surface area contributed by atoms with E-state index in [9.17, 15) is 9.59 Å². The van der Waals surface area contributed by atoms with Gasteiger partial charge >= 0.3 is 6.09 Å². The van der Waals surface area contributed by atoms with E-state index in [0.717, 1.165) is 42.9 Å². The van der Waals surface area contributed by atoms with Crippen LogP contribution in [0.25, 0.3) is 0 Å². The lowest BCUT2D eigenvalue weighted by atomic mass is 9.49. The topological polar surface area (TPSA) is 94.3 Å². The van der Waals surface area contributed by atoms with E-state index in [2.05, 4.69) is 20.3 Å². The number of nitrogens with zero attached hydrogens (tertiary/aromatic N) is 2. The van der Waals surface area contributed by atoms with Crippen molar-refractivity contribution in [2.45, 2.75) is 61.3 Å². The molecule has 1 heterocycles. The van der Waals surface area contributed by atoms with Crippen LogP contribution in [0.2, 0.25) is 0 Å². The van der Waals surface area contributed by atoms with Crippen molar-refractivity contribution in [2.75, 3.05) is 7.11 Å². The minimum absolute atomic E-state index is 0.0536. The molecule has 4 aliphatic rings. The highest BCUT2D eigenvalue weighted by Gasteiger charge is 2.54. The van der Waals surface area contributed by atoms with Crippen molar-refractivity contribution in [3.05, 3.63) is 5.89 Å². The number of hydrogen-bond acceptors (Lipinski definition) is 7. The Morgan fingerprint density at radius 1 is 1.20 bits per heavy atom. The van der Waals surface area contributed by atoms with Gasteiger partial charge < -0.3 is 9.15 Å². The molecule has 5 rings (SSSR count). The predicted octanol–water partition coefficient (Wildman–Crippen LogP) is 2.90.